The molecule has 1 aromatic carbocycles. The summed E-state index contributed by atoms with van der Waals surface area (Å²) in [4.78, 5) is 53.5. The van der Waals surface area contributed by atoms with Crippen molar-refractivity contribution in [3.63, 3.8) is 0 Å². The number of hydrogen-bond donors (Lipinski definition) is 9. The van der Waals surface area contributed by atoms with Crippen LogP contribution in [0.15, 0.2) is 105 Å². The highest BCUT2D eigenvalue weighted by molar-refractivity contribution is 6.33. The molecule has 4 fully saturated rings. The Morgan fingerprint density at radius 3 is 2.72 bits per heavy atom. The van der Waals surface area contributed by atoms with Crippen molar-refractivity contribution in [1.82, 2.24) is 37.2 Å². The number of epoxide rings is 1. The molecule has 5 aliphatic carbocycles. The predicted octanol–water partition coefficient (Wildman–Crippen LogP) is 7.48. The summed E-state index contributed by atoms with van der Waals surface area (Å²) in [7, 11) is 3.80. The van der Waals surface area contributed by atoms with E-state index >= 15 is 14.4 Å². The first kappa shape index (κ1) is 54.9. The molecule has 11 bridgehead atoms. The molecular weight excluding hydrogens is 1010 g/mol. The number of benzene rings is 1. The molecule has 2 saturated carbocycles. The number of ether oxygens (including phenoxy) is 2. The molecule has 7 heterocycles. The van der Waals surface area contributed by atoms with Crippen LogP contribution in [0.5, 0.6) is 0 Å². The number of aliphatic imine (C=N–C) groups is 1. The molecule has 0 aromatic heterocycles. The molecule has 15 unspecified atom stereocenters. The van der Waals surface area contributed by atoms with Crippen LogP contribution in [-0.2, 0) is 20.7 Å². The van der Waals surface area contributed by atoms with Crippen molar-refractivity contribution in [2.24, 2.45) is 51.6 Å². The lowest BCUT2D eigenvalue weighted by Crippen LogP contribution is -2.66. The van der Waals surface area contributed by atoms with Crippen molar-refractivity contribution >= 4 is 23.5 Å². The topological polar surface area (TPSA) is 216 Å². The fourth-order valence-electron chi connectivity index (χ4n) is 18.4. The third kappa shape index (κ3) is 9.24. The monoisotopic (exact) mass is 1100 g/mol. The molecule has 0 amide bonds. The van der Waals surface area contributed by atoms with E-state index in [1.54, 1.807) is 6.07 Å². The number of nitrogens with one attached hydrogen (secondary N) is 7. The Morgan fingerprint density at radius 2 is 1.88 bits per heavy atom. The number of aliphatic hydroxyl groups is 1. The Kier molecular flexibility index (Phi) is 14.3. The maximum atomic E-state index is 16.4. The van der Waals surface area contributed by atoms with Crippen LogP contribution >= 0.6 is 0 Å². The van der Waals surface area contributed by atoms with E-state index in [9.17, 15) is 5.11 Å². The van der Waals surface area contributed by atoms with Gasteiger partial charge < -0.3 is 57.5 Å². The summed E-state index contributed by atoms with van der Waals surface area (Å²) in [5.74, 6) is 0.796. The van der Waals surface area contributed by atoms with E-state index in [1.165, 1.54) is 22.3 Å². The van der Waals surface area contributed by atoms with Crippen molar-refractivity contribution in [3.8, 4) is 0 Å². The number of fused-ring (bicyclic) bond motifs is 3. The van der Waals surface area contributed by atoms with E-state index in [1.807, 2.05) is 26.2 Å². The zero-order valence-electron chi connectivity index (χ0n) is 48.6. The Hall–Kier alpha value is -5.32. The molecule has 0 radical (unpaired) electrons. The zero-order valence-corrected chi connectivity index (χ0v) is 48.6. The largest absolute Gasteiger partial charge is 0.459 e. The number of rotatable bonds is 8. The summed E-state index contributed by atoms with van der Waals surface area (Å²) in [5, 5.41) is 37.9. The number of esters is 1. The van der Waals surface area contributed by atoms with Gasteiger partial charge in [-0.05, 0) is 186 Å². The van der Waals surface area contributed by atoms with Crippen LogP contribution in [0.4, 0.5) is 0 Å². The van der Waals surface area contributed by atoms with Crippen LogP contribution in [0.25, 0.3) is 0 Å². The van der Waals surface area contributed by atoms with Crippen LogP contribution in [0.2, 0.25) is 0 Å². The molecule has 12 aliphatic rings. The van der Waals surface area contributed by atoms with Gasteiger partial charge in [-0.1, -0.05) is 86.9 Å². The minimum absolute atomic E-state index is 0.0192. The summed E-state index contributed by atoms with van der Waals surface area (Å²) in [6.45, 7) is 8.78. The number of hydrogen-bond acceptors (Lipinski definition) is 13. The SMILES string of the molecule is CCNC12C=C3C=CCC4CCCCC5(C)CC6=CNC(N)C(=C6)CCC6CC(O)CC(C6C1)C(OC(=O)C16OC1(CC=C(C)CC1(C7=CCNC8=C7CCC(NC)N8)CCCNC(=NC)N1)C(=O)c1cccc(c1C6=O)C5)C2CC34. The first-order valence-corrected chi connectivity index (χ1v) is 31.3. The maximum absolute atomic E-state index is 16.4. The molecule has 15 heteroatoms. The third-order valence-electron chi connectivity index (χ3n) is 22.1. The van der Waals surface area contributed by atoms with Crippen LogP contribution < -0.4 is 43.0 Å². The fraction of sp³-hybridized carbons (Fsp3) is 0.636. The molecule has 10 N–H and O–H groups in total. The second kappa shape index (κ2) is 21.1. The Bertz CT molecular complexity index is 3010. The smallest absolute Gasteiger partial charge is 0.350 e. The molecule has 15 nitrogen and oxygen atoms in total. The van der Waals surface area contributed by atoms with Crippen molar-refractivity contribution in [2.45, 2.75) is 190 Å². The van der Waals surface area contributed by atoms with E-state index in [0.717, 1.165) is 131 Å². The van der Waals surface area contributed by atoms with Gasteiger partial charge in [0.05, 0.1) is 24.0 Å². The van der Waals surface area contributed by atoms with E-state index in [0.29, 0.717) is 49.3 Å². The maximum Gasteiger partial charge on any atom is 0.350 e. The lowest BCUT2D eigenvalue weighted by atomic mass is 9.50. The number of carbonyl (C=O) groups is 3. The fourth-order valence-corrected chi connectivity index (χ4v) is 18.4. The van der Waals surface area contributed by atoms with E-state index in [2.05, 4.69) is 106 Å². The summed E-state index contributed by atoms with van der Waals surface area (Å²) in [6.07, 6.45) is 29.6. The molecule has 15 atom stereocenters. The van der Waals surface area contributed by atoms with E-state index in [4.69, 9.17) is 15.2 Å². The van der Waals surface area contributed by atoms with Crippen molar-refractivity contribution < 1.29 is 29.0 Å². The number of nitrogens with two attached hydrogens (primary N) is 1. The highest BCUT2D eigenvalue weighted by atomic mass is 16.7. The van der Waals surface area contributed by atoms with Gasteiger partial charge in [0, 0.05) is 61.3 Å². The predicted molar refractivity (Wildman–Crippen MR) is 314 cm³/mol. The molecular formula is C66H89N9O6. The lowest BCUT2D eigenvalue weighted by molar-refractivity contribution is -0.180. The van der Waals surface area contributed by atoms with Crippen LogP contribution in [0, 0.1) is 40.9 Å². The average molecular weight is 1100 g/mol. The summed E-state index contributed by atoms with van der Waals surface area (Å²) in [5.41, 5.74) is 10.1. The van der Waals surface area contributed by atoms with Crippen LogP contribution in [0.3, 0.4) is 0 Å². The Morgan fingerprint density at radius 1 is 1.00 bits per heavy atom. The number of nitrogens with zero attached hydrogens (tertiary/aromatic N) is 1. The molecule has 81 heavy (non-hydrogen) atoms. The van der Waals surface area contributed by atoms with Crippen molar-refractivity contribution in [1.29, 1.82) is 0 Å². The van der Waals surface area contributed by atoms with Gasteiger partial charge in [0.15, 0.2) is 17.3 Å². The highest BCUT2D eigenvalue weighted by Crippen LogP contribution is 2.62. The molecule has 7 aliphatic heterocycles. The standard InChI is InChI=1S/C66H89N9O6/c1-6-73-64-35-43-14-9-13-40-12-7-8-23-62(3)33-39-28-42(58(67)72-37-39)18-17-41-29-45(76)30-49(50(41)36-64)55(52(64)31-48(40)43)80-60(79)66-57(78)54-44(34-62)15-10-16-47(54)56(77)65(66,81-66)25-21-38(2)32-63(24-11-26-71-61(69-5)75-63)51-22-27-70-59-46(51)19-20-53(68-4)74-59/h9-10,14-16,21-22,28,35,37,40-41,45,48-50,52-53,55,58,68,70,72-74,76H,6-8,11-13,17-20,23-27,29-34,36,67H2,1-5H3,(H2,69,71,75). The lowest BCUT2D eigenvalue weighted by Gasteiger charge is -2.60. The molecule has 1 spiro atoms. The number of aliphatic hydroxyl groups excluding tert-OH is 1. The number of Topliss-reactive ketones (excluding diaryl/α,β-unsaturated/α-hetero) is 2. The van der Waals surface area contributed by atoms with Crippen molar-refractivity contribution in [2.75, 3.05) is 33.7 Å². The van der Waals surface area contributed by atoms with Gasteiger partial charge in [-0.25, -0.2) is 4.79 Å². The van der Waals surface area contributed by atoms with Gasteiger partial charge in [-0.2, -0.15) is 0 Å². The van der Waals surface area contributed by atoms with Gasteiger partial charge in [0.2, 0.25) is 5.78 Å². The number of ketones is 2. The zero-order chi connectivity index (χ0) is 56.1. The van der Waals surface area contributed by atoms with Crippen LogP contribution in [0.1, 0.15) is 163 Å². The average Bonchev–Trinajstić information content (AvgIpc) is 2.47. The van der Waals surface area contributed by atoms with Gasteiger partial charge >= 0.3 is 5.97 Å². The summed E-state index contributed by atoms with van der Waals surface area (Å²) in [6, 6.07) is 5.70. The Labute approximate surface area is 479 Å². The molecule has 1 aromatic rings. The number of allylic oxidation sites excluding steroid dienone is 5. The quantitative estimate of drug-likeness (QED) is 0.0535. The number of carbonyl (C=O) groups excluding carboxylic acids is 3. The number of dihydropyridines is 2. The second-order valence-electron chi connectivity index (χ2n) is 27.1. The third-order valence-corrected chi connectivity index (χ3v) is 22.1. The molecule has 2 saturated heterocycles. The summed E-state index contributed by atoms with van der Waals surface area (Å²) >= 11 is 0. The van der Waals surface area contributed by atoms with Gasteiger partial charge in [0.25, 0.3) is 5.60 Å². The normalized spacial score (nSPS) is 41.2. The first-order chi connectivity index (χ1) is 39.1. The number of guanidine groups is 1. The molecule has 434 valence electrons. The van der Waals surface area contributed by atoms with Crippen molar-refractivity contribution in [3.05, 3.63) is 117 Å². The highest BCUT2D eigenvalue weighted by Gasteiger charge is 2.86. The minimum Gasteiger partial charge on any atom is -0.459 e. The van der Waals surface area contributed by atoms with Gasteiger partial charge in [0.1, 0.15) is 11.9 Å². The van der Waals surface area contributed by atoms with Gasteiger partial charge in [-0.15, -0.1) is 0 Å². The van der Waals surface area contributed by atoms with E-state index in [-0.39, 0.29) is 59.5 Å². The second-order valence-corrected chi connectivity index (χ2v) is 27.1. The summed E-state index contributed by atoms with van der Waals surface area (Å²) < 4.78 is 14.3. The Balaban J connectivity index is 0.952. The number of likely N-dealkylation sites (N-methyl/N-ethyl adjacent to an activating group) is 1. The minimum atomic E-state index is -2.20. The van der Waals surface area contributed by atoms with Gasteiger partial charge in [-0.3, -0.25) is 14.6 Å². The first-order valence-electron chi connectivity index (χ1n) is 31.3. The molecule has 13 rings (SSSR count). The van der Waals surface area contributed by atoms with E-state index < -0.39 is 46.2 Å². The van der Waals surface area contributed by atoms with Crippen LogP contribution in [-0.4, -0.2) is 109 Å².